The number of aryl methyl sites for hydroxylation is 1. The monoisotopic (exact) mass is 402 g/mol. The average molecular weight is 402 g/mol. The van der Waals surface area contributed by atoms with E-state index in [1.165, 1.54) is 0 Å². The SMILES string of the molecule is COCc1cc(C)nc2oc(C(O)c3ccccc3)c(NC(=O)c3ccccc3)c12. The number of ether oxygens (including phenoxy) is 1. The Kier molecular flexibility index (Phi) is 5.61. The Balaban J connectivity index is 1.88. The topological polar surface area (TPSA) is 84.6 Å². The summed E-state index contributed by atoms with van der Waals surface area (Å²) in [6, 6.07) is 19.9. The first-order valence-corrected chi connectivity index (χ1v) is 9.59. The first-order valence-electron chi connectivity index (χ1n) is 9.59. The van der Waals surface area contributed by atoms with E-state index in [0.717, 1.165) is 11.3 Å². The van der Waals surface area contributed by atoms with Crippen molar-refractivity contribution < 1.29 is 19.1 Å². The molecule has 1 unspecified atom stereocenters. The molecule has 0 spiro atoms. The number of nitrogens with zero attached hydrogens (tertiary/aromatic N) is 1. The Morgan fingerprint density at radius 3 is 2.47 bits per heavy atom. The minimum atomic E-state index is -1.07. The van der Waals surface area contributed by atoms with Gasteiger partial charge in [0.05, 0.1) is 17.7 Å². The third kappa shape index (κ3) is 3.83. The van der Waals surface area contributed by atoms with Gasteiger partial charge in [-0.2, -0.15) is 0 Å². The summed E-state index contributed by atoms with van der Waals surface area (Å²) in [5.41, 5.74) is 3.46. The van der Waals surface area contributed by atoms with Crippen molar-refractivity contribution in [2.45, 2.75) is 19.6 Å². The minimum absolute atomic E-state index is 0.232. The second-order valence-corrected chi connectivity index (χ2v) is 7.01. The summed E-state index contributed by atoms with van der Waals surface area (Å²) in [5, 5.41) is 14.6. The zero-order valence-corrected chi connectivity index (χ0v) is 16.8. The summed E-state index contributed by atoms with van der Waals surface area (Å²) < 4.78 is 11.3. The number of aromatic nitrogens is 1. The van der Waals surface area contributed by atoms with Crippen LogP contribution in [-0.2, 0) is 11.3 Å². The van der Waals surface area contributed by atoms with Crippen LogP contribution < -0.4 is 5.32 Å². The van der Waals surface area contributed by atoms with E-state index in [2.05, 4.69) is 10.3 Å². The molecule has 2 heterocycles. The molecule has 0 aliphatic heterocycles. The van der Waals surface area contributed by atoms with Gasteiger partial charge in [0.2, 0.25) is 5.71 Å². The fraction of sp³-hybridized carbons (Fsp3) is 0.167. The molecule has 2 N–H and O–H groups in total. The zero-order valence-electron chi connectivity index (χ0n) is 16.8. The normalized spacial score (nSPS) is 12.1. The molecule has 6 nitrogen and oxygen atoms in total. The van der Waals surface area contributed by atoms with Gasteiger partial charge in [0, 0.05) is 18.4 Å². The van der Waals surface area contributed by atoms with Gasteiger partial charge in [-0.1, -0.05) is 48.5 Å². The molecule has 1 amide bonds. The Morgan fingerprint density at radius 1 is 1.13 bits per heavy atom. The fourth-order valence-electron chi connectivity index (χ4n) is 3.48. The first kappa shape index (κ1) is 19.8. The van der Waals surface area contributed by atoms with Crippen LogP contribution in [0.15, 0.2) is 71.1 Å². The molecule has 6 heteroatoms. The molecule has 0 bridgehead atoms. The highest BCUT2D eigenvalue weighted by Crippen LogP contribution is 2.39. The highest BCUT2D eigenvalue weighted by Gasteiger charge is 2.26. The van der Waals surface area contributed by atoms with Gasteiger partial charge in [0.1, 0.15) is 6.10 Å². The van der Waals surface area contributed by atoms with E-state index in [1.54, 1.807) is 43.5 Å². The smallest absolute Gasteiger partial charge is 0.255 e. The van der Waals surface area contributed by atoms with Gasteiger partial charge in [0.15, 0.2) is 5.76 Å². The lowest BCUT2D eigenvalue weighted by atomic mass is 10.0. The van der Waals surface area contributed by atoms with Gasteiger partial charge in [-0.15, -0.1) is 0 Å². The molecule has 2 aromatic heterocycles. The van der Waals surface area contributed by atoms with Crippen LogP contribution in [0.3, 0.4) is 0 Å². The number of aliphatic hydroxyl groups is 1. The van der Waals surface area contributed by atoms with Crippen LogP contribution in [0.1, 0.15) is 39.0 Å². The lowest BCUT2D eigenvalue weighted by Crippen LogP contribution is -2.14. The third-order valence-corrected chi connectivity index (χ3v) is 4.84. The van der Waals surface area contributed by atoms with Crippen molar-refractivity contribution in [3.05, 3.63) is 94.9 Å². The molecule has 2 aromatic carbocycles. The average Bonchev–Trinajstić information content (AvgIpc) is 3.12. The van der Waals surface area contributed by atoms with Crippen LogP contribution in [-0.4, -0.2) is 23.1 Å². The second kappa shape index (κ2) is 8.49. The fourth-order valence-corrected chi connectivity index (χ4v) is 3.48. The van der Waals surface area contributed by atoms with Crippen molar-refractivity contribution in [3.63, 3.8) is 0 Å². The molecule has 0 aliphatic rings. The maximum atomic E-state index is 12.9. The molecule has 152 valence electrons. The Morgan fingerprint density at radius 2 is 1.80 bits per heavy atom. The van der Waals surface area contributed by atoms with E-state index in [4.69, 9.17) is 9.15 Å². The highest BCUT2D eigenvalue weighted by molar-refractivity contribution is 6.09. The zero-order chi connectivity index (χ0) is 21.1. The molecule has 0 fully saturated rings. The number of rotatable bonds is 6. The molecule has 0 saturated heterocycles. The van der Waals surface area contributed by atoms with Gasteiger partial charge < -0.3 is 19.6 Å². The molecule has 0 saturated carbocycles. The maximum absolute atomic E-state index is 12.9. The lowest BCUT2D eigenvalue weighted by molar-refractivity contribution is 0.102. The molecule has 0 radical (unpaired) electrons. The summed E-state index contributed by atoms with van der Waals surface area (Å²) in [7, 11) is 1.60. The predicted octanol–water partition coefficient (Wildman–Crippen LogP) is 4.62. The van der Waals surface area contributed by atoms with Crippen LogP contribution in [0.2, 0.25) is 0 Å². The lowest BCUT2D eigenvalue weighted by Gasteiger charge is -2.12. The number of anilines is 1. The number of carbonyl (C=O) groups is 1. The number of amides is 1. The minimum Gasteiger partial charge on any atom is -0.437 e. The quantitative estimate of drug-likeness (QED) is 0.492. The highest BCUT2D eigenvalue weighted by atomic mass is 16.5. The standard InChI is InChI=1S/C24H22N2O4/c1-15-13-18(14-29-2)19-20(26-23(28)17-11-7-4-8-12-17)22(30-24(19)25-15)21(27)16-9-5-3-6-10-16/h3-13,21,27H,14H2,1-2H3,(H,26,28). The van der Waals surface area contributed by atoms with Crippen molar-refractivity contribution in [2.24, 2.45) is 0 Å². The molecule has 4 rings (SSSR count). The van der Waals surface area contributed by atoms with Crippen LogP contribution in [0.5, 0.6) is 0 Å². The summed E-state index contributed by atoms with van der Waals surface area (Å²) >= 11 is 0. The van der Waals surface area contributed by atoms with Crippen molar-refractivity contribution in [2.75, 3.05) is 12.4 Å². The number of hydrogen-bond acceptors (Lipinski definition) is 5. The summed E-state index contributed by atoms with van der Waals surface area (Å²) in [4.78, 5) is 17.4. The number of aliphatic hydroxyl groups excluding tert-OH is 1. The molecular weight excluding hydrogens is 380 g/mol. The predicted molar refractivity (Wildman–Crippen MR) is 114 cm³/mol. The van der Waals surface area contributed by atoms with Gasteiger partial charge in [-0.3, -0.25) is 4.79 Å². The number of benzene rings is 2. The van der Waals surface area contributed by atoms with Crippen molar-refractivity contribution >= 4 is 22.7 Å². The van der Waals surface area contributed by atoms with Gasteiger partial charge in [-0.05, 0) is 36.2 Å². The number of nitrogens with one attached hydrogen (secondary N) is 1. The van der Waals surface area contributed by atoms with E-state index < -0.39 is 6.10 Å². The van der Waals surface area contributed by atoms with Gasteiger partial charge >= 0.3 is 0 Å². The Bertz CT molecular complexity index is 1170. The summed E-state index contributed by atoms with van der Waals surface area (Å²) in [6.45, 7) is 2.17. The molecule has 30 heavy (non-hydrogen) atoms. The van der Waals surface area contributed by atoms with Crippen molar-refractivity contribution in [1.82, 2.24) is 4.98 Å². The Hall–Kier alpha value is -3.48. The van der Waals surface area contributed by atoms with E-state index >= 15 is 0 Å². The van der Waals surface area contributed by atoms with Gasteiger partial charge in [-0.25, -0.2) is 4.98 Å². The van der Waals surface area contributed by atoms with Crippen LogP contribution in [0.4, 0.5) is 5.69 Å². The third-order valence-electron chi connectivity index (χ3n) is 4.84. The number of carbonyl (C=O) groups excluding carboxylic acids is 1. The number of furan rings is 1. The largest absolute Gasteiger partial charge is 0.437 e. The molecule has 4 aromatic rings. The molecule has 1 atom stereocenters. The molecule has 0 aliphatic carbocycles. The van der Waals surface area contributed by atoms with Gasteiger partial charge in [0.25, 0.3) is 5.91 Å². The second-order valence-electron chi connectivity index (χ2n) is 7.01. The van der Waals surface area contributed by atoms with Crippen molar-refractivity contribution in [1.29, 1.82) is 0 Å². The summed E-state index contributed by atoms with van der Waals surface area (Å²) in [5.74, 6) is -0.0697. The van der Waals surface area contributed by atoms with E-state index in [1.807, 2.05) is 37.3 Å². The van der Waals surface area contributed by atoms with E-state index in [9.17, 15) is 9.90 Å². The Labute approximate surface area is 174 Å². The maximum Gasteiger partial charge on any atom is 0.255 e. The van der Waals surface area contributed by atoms with Crippen molar-refractivity contribution in [3.8, 4) is 0 Å². The summed E-state index contributed by atoms with van der Waals surface area (Å²) in [6.07, 6.45) is -1.07. The van der Waals surface area contributed by atoms with E-state index in [0.29, 0.717) is 34.5 Å². The van der Waals surface area contributed by atoms with Crippen LogP contribution >= 0.6 is 0 Å². The number of hydrogen-bond donors (Lipinski definition) is 2. The number of fused-ring (bicyclic) bond motifs is 1. The van der Waals surface area contributed by atoms with Crippen LogP contribution in [0.25, 0.3) is 11.1 Å². The van der Waals surface area contributed by atoms with E-state index in [-0.39, 0.29) is 11.7 Å². The van der Waals surface area contributed by atoms with Crippen LogP contribution in [0, 0.1) is 6.92 Å². The number of methoxy groups -OCH3 is 1. The molecular formula is C24H22N2O4. The number of pyridine rings is 1. The first-order chi connectivity index (χ1) is 14.6.